The van der Waals surface area contributed by atoms with Gasteiger partial charge >= 0.3 is 6.03 Å². The Morgan fingerprint density at radius 2 is 1.97 bits per heavy atom. The van der Waals surface area contributed by atoms with Crippen molar-refractivity contribution in [1.82, 2.24) is 4.90 Å². The van der Waals surface area contributed by atoms with Gasteiger partial charge in [-0.1, -0.05) is 12.1 Å². The van der Waals surface area contributed by atoms with Crippen molar-refractivity contribution in [2.24, 2.45) is 5.92 Å². The van der Waals surface area contributed by atoms with Crippen molar-refractivity contribution < 1.29 is 18.7 Å². The molecule has 1 heterocycles. The second kappa shape index (κ2) is 8.34. The summed E-state index contributed by atoms with van der Waals surface area (Å²) < 4.78 is 18.8. The molecule has 4 rings (SSSR count). The van der Waals surface area contributed by atoms with E-state index in [1.54, 1.807) is 6.07 Å². The summed E-state index contributed by atoms with van der Waals surface area (Å²) in [6.45, 7) is 2.65. The number of urea groups is 1. The van der Waals surface area contributed by atoms with Crippen LogP contribution in [0.15, 0.2) is 36.4 Å². The molecule has 2 N–H and O–H groups in total. The van der Waals surface area contributed by atoms with Crippen LogP contribution in [0.1, 0.15) is 36.8 Å². The monoisotopic (exact) mass is 411 g/mol. The Kier molecular flexibility index (Phi) is 5.61. The molecule has 30 heavy (non-hydrogen) atoms. The average molecular weight is 411 g/mol. The predicted octanol–water partition coefficient (Wildman–Crippen LogP) is 4.69. The zero-order chi connectivity index (χ0) is 21.3. The molecule has 2 aliphatic rings. The summed E-state index contributed by atoms with van der Waals surface area (Å²) in [6, 6.07) is 10.4. The maximum Gasteiger partial charge on any atom is 0.322 e. The van der Waals surface area contributed by atoms with Crippen LogP contribution in [0, 0.1) is 18.7 Å². The highest BCUT2D eigenvalue weighted by Gasteiger charge is 2.34. The molecule has 6 nitrogen and oxygen atoms in total. The second-order valence-electron chi connectivity index (χ2n) is 8.00. The normalized spacial score (nSPS) is 20.9. The zero-order valence-electron chi connectivity index (χ0n) is 17.2. The summed E-state index contributed by atoms with van der Waals surface area (Å²) in [4.78, 5) is 27.1. The number of ether oxygens (including phenoxy) is 1. The number of methoxy groups -OCH3 is 1. The van der Waals surface area contributed by atoms with Gasteiger partial charge in [-0.2, -0.15) is 0 Å². The average Bonchev–Trinajstić information content (AvgIpc) is 2.74. The van der Waals surface area contributed by atoms with Crippen LogP contribution in [0.2, 0.25) is 0 Å². The van der Waals surface area contributed by atoms with Crippen LogP contribution in [0.4, 0.5) is 20.6 Å². The first-order valence-electron chi connectivity index (χ1n) is 10.3. The molecule has 0 saturated heterocycles. The molecule has 158 valence electrons. The fraction of sp³-hybridized carbons (Fsp3) is 0.391. The van der Waals surface area contributed by atoms with Gasteiger partial charge in [0.25, 0.3) is 0 Å². The largest absolute Gasteiger partial charge is 0.494 e. The molecule has 3 amide bonds. The molecule has 0 bridgehead atoms. The lowest BCUT2D eigenvalue weighted by Gasteiger charge is -2.39. The summed E-state index contributed by atoms with van der Waals surface area (Å²) in [6.07, 6.45) is 2.92. The minimum atomic E-state index is -0.509. The summed E-state index contributed by atoms with van der Waals surface area (Å²) in [5.41, 5.74) is 3.62. The van der Waals surface area contributed by atoms with Crippen molar-refractivity contribution in [3.05, 3.63) is 53.3 Å². The molecule has 0 radical (unpaired) electrons. The zero-order valence-corrected chi connectivity index (χ0v) is 17.2. The number of anilines is 2. The van der Waals surface area contributed by atoms with Crippen molar-refractivity contribution in [2.45, 2.75) is 45.2 Å². The highest BCUT2D eigenvalue weighted by molar-refractivity contribution is 5.93. The van der Waals surface area contributed by atoms with E-state index in [1.807, 2.05) is 17.0 Å². The molecule has 2 aromatic carbocycles. The maximum atomic E-state index is 13.9. The van der Waals surface area contributed by atoms with Gasteiger partial charge in [-0.15, -0.1) is 0 Å². The predicted molar refractivity (Wildman–Crippen MR) is 113 cm³/mol. The lowest BCUT2D eigenvalue weighted by Crippen LogP contribution is -2.47. The third-order valence-corrected chi connectivity index (χ3v) is 6.17. The molecule has 2 aromatic rings. The number of amides is 3. The Bertz CT molecular complexity index is 970. The summed E-state index contributed by atoms with van der Waals surface area (Å²) >= 11 is 0. The molecule has 1 fully saturated rings. The molecular formula is C23H26FN3O3. The number of fused-ring (bicyclic) bond motifs is 1. The Hall–Kier alpha value is -3.09. The minimum Gasteiger partial charge on any atom is -0.494 e. The number of carbonyl (C=O) groups excluding carboxylic acids is 2. The number of rotatable bonds is 4. The molecule has 0 unspecified atom stereocenters. The topological polar surface area (TPSA) is 70.7 Å². The third-order valence-electron chi connectivity index (χ3n) is 6.17. The van der Waals surface area contributed by atoms with E-state index < -0.39 is 5.82 Å². The van der Waals surface area contributed by atoms with Gasteiger partial charge in [-0.05, 0) is 61.9 Å². The molecular weight excluding hydrogens is 385 g/mol. The van der Waals surface area contributed by atoms with Gasteiger partial charge in [0, 0.05) is 29.4 Å². The van der Waals surface area contributed by atoms with Crippen LogP contribution in [-0.2, 0) is 11.3 Å². The van der Waals surface area contributed by atoms with Gasteiger partial charge < -0.3 is 20.3 Å². The Morgan fingerprint density at radius 3 is 2.67 bits per heavy atom. The minimum absolute atomic E-state index is 0.0743. The van der Waals surface area contributed by atoms with Crippen molar-refractivity contribution in [2.75, 3.05) is 17.7 Å². The number of nitrogens with one attached hydrogen (secondary N) is 2. The lowest BCUT2D eigenvalue weighted by molar-refractivity contribution is -0.121. The van der Waals surface area contributed by atoms with E-state index in [-0.39, 0.29) is 29.6 Å². The van der Waals surface area contributed by atoms with Gasteiger partial charge in [-0.3, -0.25) is 4.79 Å². The van der Waals surface area contributed by atoms with Crippen LogP contribution in [0.3, 0.4) is 0 Å². The van der Waals surface area contributed by atoms with E-state index in [9.17, 15) is 14.0 Å². The molecule has 0 spiro atoms. The number of benzene rings is 2. The number of halogens is 1. The number of aryl methyl sites for hydroxylation is 1. The van der Waals surface area contributed by atoms with Gasteiger partial charge in [0.2, 0.25) is 5.91 Å². The molecule has 0 atom stereocenters. The fourth-order valence-corrected chi connectivity index (χ4v) is 4.39. The fourth-order valence-electron chi connectivity index (χ4n) is 4.39. The second-order valence-corrected chi connectivity index (χ2v) is 8.00. The van der Waals surface area contributed by atoms with Crippen molar-refractivity contribution >= 4 is 23.3 Å². The van der Waals surface area contributed by atoms with Crippen LogP contribution in [0.25, 0.3) is 0 Å². The Morgan fingerprint density at radius 1 is 1.20 bits per heavy atom. The van der Waals surface area contributed by atoms with Gasteiger partial charge in [0.1, 0.15) is 0 Å². The van der Waals surface area contributed by atoms with Crippen LogP contribution >= 0.6 is 0 Å². The van der Waals surface area contributed by atoms with Crippen LogP contribution < -0.4 is 15.4 Å². The maximum absolute atomic E-state index is 13.9. The van der Waals surface area contributed by atoms with Crippen LogP contribution in [0.5, 0.6) is 5.75 Å². The van der Waals surface area contributed by atoms with Gasteiger partial charge in [0.05, 0.1) is 13.7 Å². The highest BCUT2D eigenvalue weighted by Crippen LogP contribution is 2.34. The Labute approximate surface area is 175 Å². The molecule has 1 aliphatic heterocycles. The smallest absolute Gasteiger partial charge is 0.322 e. The number of hydrogen-bond donors (Lipinski definition) is 2. The quantitative estimate of drug-likeness (QED) is 0.767. The number of hydrogen-bond acceptors (Lipinski definition) is 3. The molecule has 7 heteroatoms. The summed E-state index contributed by atoms with van der Waals surface area (Å²) in [5, 5.41) is 5.79. The summed E-state index contributed by atoms with van der Waals surface area (Å²) in [7, 11) is 1.40. The SMILES string of the molecule is COc1ccc(NC(=O)C2CCC(N3Cc4c(C)cccc4NC3=O)CC2)cc1F. The van der Waals surface area contributed by atoms with Crippen molar-refractivity contribution in [3.63, 3.8) is 0 Å². The van der Waals surface area contributed by atoms with E-state index in [0.717, 1.165) is 29.7 Å². The van der Waals surface area contributed by atoms with E-state index >= 15 is 0 Å². The van der Waals surface area contributed by atoms with Gasteiger partial charge in [-0.25, -0.2) is 9.18 Å². The number of nitrogens with zero attached hydrogens (tertiary/aromatic N) is 1. The summed E-state index contributed by atoms with van der Waals surface area (Å²) in [5.74, 6) is -0.619. The van der Waals surface area contributed by atoms with Gasteiger partial charge in [0.15, 0.2) is 11.6 Å². The lowest BCUT2D eigenvalue weighted by atomic mass is 9.84. The van der Waals surface area contributed by atoms with Crippen molar-refractivity contribution in [3.8, 4) is 5.75 Å². The van der Waals surface area contributed by atoms with E-state index in [0.29, 0.717) is 25.1 Å². The first-order chi connectivity index (χ1) is 14.5. The molecule has 0 aromatic heterocycles. The molecule has 1 saturated carbocycles. The van der Waals surface area contributed by atoms with E-state index in [4.69, 9.17) is 4.74 Å². The Balaban J connectivity index is 1.36. The first-order valence-corrected chi connectivity index (χ1v) is 10.3. The van der Waals surface area contributed by atoms with E-state index in [2.05, 4.69) is 23.6 Å². The number of carbonyl (C=O) groups is 2. The van der Waals surface area contributed by atoms with Crippen LogP contribution in [-0.4, -0.2) is 30.0 Å². The van der Waals surface area contributed by atoms with Crippen molar-refractivity contribution in [1.29, 1.82) is 0 Å². The third kappa shape index (κ3) is 3.97. The first kappa shape index (κ1) is 20.2. The molecule has 1 aliphatic carbocycles. The van der Waals surface area contributed by atoms with E-state index in [1.165, 1.54) is 19.2 Å². The standard InChI is InChI=1S/C23H26FN3O3/c1-14-4-3-5-20-18(14)13-27(23(29)26-20)17-9-6-15(7-10-17)22(28)25-16-8-11-21(30-2)19(24)12-16/h3-5,8,11-12,15,17H,6-7,9-10,13H2,1-2H3,(H,25,28)(H,26,29). The highest BCUT2D eigenvalue weighted by atomic mass is 19.1.